The first kappa shape index (κ1) is 14.3. The molecular formula is C15H25N3O. The second-order valence-corrected chi connectivity index (χ2v) is 5.44. The molecule has 2 rings (SSSR count). The summed E-state index contributed by atoms with van der Waals surface area (Å²) in [4.78, 5) is 4.82. The zero-order valence-electron chi connectivity index (χ0n) is 12.2. The average Bonchev–Trinajstić information content (AvgIpc) is 2.41. The minimum absolute atomic E-state index is 0.434. The maximum absolute atomic E-state index is 5.91. The maximum Gasteiger partial charge on any atom is 0.123 e. The van der Waals surface area contributed by atoms with Gasteiger partial charge in [-0.05, 0) is 20.0 Å². The third-order valence-electron chi connectivity index (χ3n) is 3.89. The summed E-state index contributed by atoms with van der Waals surface area (Å²) in [5.41, 5.74) is 8.44. The number of nitrogens with two attached hydrogens (primary N) is 1. The van der Waals surface area contributed by atoms with Crippen molar-refractivity contribution < 1.29 is 4.74 Å². The van der Waals surface area contributed by atoms with Crippen molar-refractivity contribution in [1.82, 2.24) is 9.80 Å². The third kappa shape index (κ3) is 3.47. The molecule has 106 valence electrons. The van der Waals surface area contributed by atoms with E-state index >= 15 is 0 Å². The summed E-state index contributed by atoms with van der Waals surface area (Å²) >= 11 is 0. The van der Waals surface area contributed by atoms with Gasteiger partial charge in [-0.1, -0.05) is 17.7 Å². The molecule has 1 aromatic rings. The Morgan fingerprint density at radius 3 is 2.84 bits per heavy atom. The summed E-state index contributed by atoms with van der Waals surface area (Å²) in [5.74, 6) is 0.972. The lowest BCUT2D eigenvalue weighted by Gasteiger charge is -2.39. The fraction of sp³-hybridized carbons (Fsp3) is 0.600. The van der Waals surface area contributed by atoms with E-state index < -0.39 is 0 Å². The molecule has 1 fully saturated rings. The van der Waals surface area contributed by atoms with Crippen LogP contribution in [0.1, 0.15) is 11.1 Å². The summed E-state index contributed by atoms with van der Waals surface area (Å²) in [7, 11) is 3.89. The normalized spacial score (nSPS) is 21.6. The molecule has 0 bridgehead atoms. The van der Waals surface area contributed by atoms with Crippen molar-refractivity contribution in [2.45, 2.75) is 19.5 Å². The van der Waals surface area contributed by atoms with Gasteiger partial charge in [0.15, 0.2) is 0 Å². The van der Waals surface area contributed by atoms with E-state index in [0.717, 1.165) is 31.9 Å². The largest absolute Gasteiger partial charge is 0.496 e. The Morgan fingerprint density at radius 1 is 1.37 bits per heavy atom. The Kier molecular flexibility index (Phi) is 4.80. The lowest BCUT2D eigenvalue weighted by Crippen LogP contribution is -2.54. The first-order chi connectivity index (χ1) is 9.13. The number of nitrogens with zero attached hydrogens (tertiary/aromatic N) is 2. The first-order valence-electron chi connectivity index (χ1n) is 6.90. The fourth-order valence-corrected chi connectivity index (χ4v) is 2.73. The molecule has 1 unspecified atom stereocenters. The Morgan fingerprint density at radius 2 is 2.16 bits per heavy atom. The van der Waals surface area contributed by atoms with E-state index in [1.165, 1.54) is 11.1 Å². The molecule has 1 aromatic carbocycles. The van der Waals surface area contributed by atoms with Gasteiger partial charge < -0.3 is 15.4 Å². The van der Waals surface area contributed by atoms with Crippen molar-refractivity contribution in [3.8, 4) is 5.75 Å². The van der Waals surface area contributed by atoms with Crippen molar-refractivity contribution in [3.05, 3.63) is 29.3 Å². The summed E-state index contributed by atoms with van der Waals surface area (Å²) in [6.45, 7) is 6.96. The third-order valence-corrected chi connectivity index (χ3v) is 3.89. The molecular weight excluding hydrogens is 238 g/mol. The monoisotopic (exact) mass is 263 g/mol. The Hall–Kier alpha value is -1.10. The van der Waals surface area contributed by atoms with Crippen molar-refractivity contribution in [3.63, 3.8) is 0 Å². The predicted octanol–water partition coefficient (Wildman–Crippen LogP) is 1.08. The number of likely N-dealkylation sites (N-methyl/N-ethyl adjacent to an activating group) is 1. The van der Waals surface area contributed by atoms with E-state index in [2.05, 4.69) is 42.0 Å². The Bertz CT molecular complexity index is 422. The van der Waals surface area contributed by atoms with Gasteiger partial charge in [-0.2, -0.15) is 0 Å². The van der Waals surface area contributed by atoms with Crippen LogP contribution in [0.5, 0.6) is 5.75 Å². The van der Waals surface area contributed by atoms with E-state index in [1.54, 1.807) is 7.11 Å². The SMILES string of the molecule is COc1ccc(C)cc1CN1CCN(C)CC1CN. The molecule has 1 saturated heterocycles. The van der Waals surface area contributed by atoms with Crippen LogP contribution in [0.25, 0.3) is 0 Å². The van der Waals surface area contributed by atoms with Gasteiger partial charge in [-0.15, -0.1) is 0 Å². The van der Waals surface area contributed by atoms with Crippen LogP contribution in [0.3, 0.4) is 0 Å². The molecule has 0 radical (unpaired) electrons. The molecule has 1 atom stereocenters. The van der Waals surface area contributed by atoms with E-state index in [1.807, 2.05) is 0 Å². The van der Waals surface area contributed by atoms with Gasteiger partial charge in [-0.25, -0.2) is 0 Å². The summed E-state index contributed by atoms with van der Waals surface area (Å²) in [6.07, 6.45) is 0. The Balaban J connectivity index is 2.13. The number of piperazine rings is 1. The summed E-state index contributed by atoms with van der Waals surface area (Å²) in [6, 6.07) is 6.79. The van der Waals surface area contributed by atoms with Gasteiger partial charge in [0, 0.05) is 44.3 Å². The van der Waals surface area contributed by atoms with Crippen LogP contribution >= 0.6 is 0 Å². The lowest BCUT2D eigenvalue weighted by atomic mass is 10.1. The highest BCUT2D eigenvalue weighted by atomic mass is 16.5. The predicted molar refractivity (Wildman–Crippen MR) is 78.5 cm³/mol. The number of ether oxygens (including phenoxy) is 1. The van der Waals surface area contributed by atoms with E-state index in [0.29, 0.717) is 12.6 Å². The number of hydrogen-bond acceptors (Lipinski definition) is 4. The standard InChI is InChI=1S/C15H25N3O/c1-12-4-5-15(19-3)13(8-12)10-18-7-6-17(2)11-14(18)9-16/h4-5,8,14H,6-7,9-11,16H2,1-3H3. The minimum Gasteiger partial charge on any atom is -0.496 e. The van der Waals surface area contributed by atoms with Crippen molar-refractivity contribution in [2.24, 2.45) is 5.73 Å². The summed E-state index contributed by atoms with van der Waals surface area (Å²) < 4.78 is 5.46. The van der Waals surface area contributed by atoms with Crippen LogP contribution in [-0.2, 0) is 6.54 Å². The zero-order valence-corrected chi connectivity index (χ0v) is 12.2. The fourth-order valence-electron chi connectivity index (χ4n) is 2.73. The Labute approximate surface area is 116 Å². The molecule has 0 aliphatic carbocycles. The molecule has 0 amide bonds. The van der Waals surface area contributed by atoms with E-state index in [-0.39, 0.29) is 0 Å². The molecule has 1 aliphatic heterocycles. The second kappa shape index (κ2) is 6.37. The van der Waals surface area contributed by atoms with Crippen LogP contribution in [-0.4, -0.2) is 56.2 Å². The van der Waals surface area contributed by atoms with Gasteiger partial charge in [-0.3, -0.25) is 4.90 Å². The molecule has 0 spiro atoms. The minimum atomic E-state index is 0.434. The van der Waals surface area contributed by atoms with Gasteiger partial charge in [0.2, 0.25) is 0 Å². The van der Waals surface area contributed by atoms with Crippen molar-refractivity contribution in [2.75, 3.05) is 40.3 Å². The van der Waals surface area contributed by atoms with Crippen LogP contribution in [0.2, 0.25) is 0 Å². The molecule has 1 heterocycles. The smallest absolute Gasteiger partial charge is 0.123 e. The van der Waals surface area contributed by atoms with Crippen molar-refractivity contribution >= 4 is 0 Å². The number of hydrogen-bond donors (Lipinski definition) is 1. The lowest BCUT2D eigenvalue weighted by molar-refractivity contribution is 0.0873. The van der Waals surface area contributed by atoms with Crippen LogP contribution in [0, 0.1) is 6.92 Å². The van der Waals surface area contributed by atoms with Gasteiger partial charge in [0.1, 0.15) is 5.75 Å². The molecule has 2 N–H and O–H groups in total. The highest BCUT2D eigenvalue weighted by Crippen LogP contribution is 2.23. The number of benzene rings is 1. The molecule has 1 aliphatic rings. The first-order valence-corrected chi connectivity index (χ1v) is 6.90. The quantitative estimate of drug-likeness (QED) is 0.882. The highest BCUT2D eigenvalue weighted by molar-refractivity contribution is 5.36. The van der Waals surface area contributed by atoms with Crippen LogP contribution < -0.4 is 10.5 Å². The van der Waals surface area contributed by atoms with Gasteiger partial charge in [0.25, 0.3) is 0 Å². The second-order valence-electron chi connectivity index (χ2n) is 5.44. The molecule has 4 nitrogen and oxygen atoms in total. The average molecular weight is 263 g/mol. The van der Waals surface area contributed by atoms with Crippen LogP contribution in [0.4, 0.5) is 0 Å². The molecule has 0 saturated carbocycles. The summed E-state index contributed by atoms with van der Waals surface area (Å²) in [5, 5.41) is 0. The van der Waals surface area contributed by atoms with Gasteiger partial charge in [0.05, 0.1) is 7.11 Å². The number of aryl methyl sites for hydroxylation is 1. The molecule has 4 heteroatoms. The van der Waals surface area contributed by atoms with Gasteiger partial charge >= 0.3 is 0 Å². The topological polar surface area (TPSA) is 41.7 Å². The number of rotatable bonds is 4. The molecule has 19 heavy (non-hydrogen) atoms. The zero-order chi connectivity index (χ0) is 13.8. The van der Waals surface area contributed by atoms with E-state index in [4.69, 9.17) is 10.5 Å². The van der Waals surface area contributed by atoms with Crippen molar-refractivity contribution in [1.29, 1.82) is 0 Å². The van der Waals surface area contributed by atoms with Crippen LogP contribution in [0.15, 0.2) is 18.2 Å². The van der Waals surface area contributed by atoms with E-state index in [9.17, 15) is 0 Å². The molecule has 0 aromatic heterocycles. The maximum atomic E-state index is 5.91. The number of methoxy groups -OCH3 is 1. The highest BCUT2D eigenvalue weighted by Gasteiger charge is 2.24.